The van der Waals surface area contributed by atoms with Gasteiger partial charge in [0.05, 0.1) is 11.2 Å². The second-order valence-electron chi connectivity index (χ2n) is 6.99. The minimum atomic E-state index is 0.513. The topological polar surface area (TPSA) is 55.1 Å². The van der Waals surface area contributed by atoms with Gasteiger partial charge in [0, 0.05) is 30.2 Å². The predicted octanol–water partition coefficient (Wildman–Crippen LogP) is 4.63. The van der Waals surface area contributed by atoms with Crippen molar-refractivity contribution in [2.24, 2.45) is 0 Å². The Labute approximate surface area is 154 Å². The van der Waals surface area contributed by atoms with Gasteiger partial charge in [0.25, 0.3) is 0 Å². The minimum absolute atomic E-state index is 0.513. The Morgan fingerprint density at radius 3 is 2.85 bits per heavy atom. The molecule has 0 saturated heterocycles. The Balaban J connectivity index is 1.60. The molecule has 0 aromatic carbocycles. The molecule has 3 aromatic heterocycles. The molecule has 0 spiro atoms. The molecule has 4 rings (SSSR count). The summed E-state index contributed by atoms with van der Waals surface area (Å²) in [6.45, 7) is 4.12. The average molecular weight is 347 g/mol. The van der Waals surface area contributed by atoms with Crippen molar-refractivity contribution in [2.75, 3.05) is 5.32 Å². The van der Waals surface area contributed by atoms with E-state index < -0.39 is 0 Å². The second-order valence-corrected chi connectivity index (χ2v) is 6.99. The molecule has 0 atom stereocenters. The van der Waals surface area contributed by atoms with E-state index in [0.29, 0.717) is 6.04 Å². The SMILES string of the molecule is C/C=C(/c1ccn2nccc2c1)c1cnc(NC2CCCCC2)nc1C. The van der Waals surface area contributed by atoms with Crippen LogP contribution in [-0.2, 0) is 0 Å². The molecular formula is C21H25N5. The fourth-order valence-corrected chi connectivity index (χ4v) is 3.80. The first kappa shape index (κ1) is 16.8. The molecule has 134 valence electrons. The maximum absolute atomic E-state index is 4.73. The van der Waals surface area contributed by atoms with Crippen LogP contribution in [0.2, 0.25) is 0 Å². The predicted molar refractivity (Wildman–Crippen MR) is 105 cm³/mol. The van der Waals surface area contributed by atoms with Gasteiger partial charge in [-0.25, -0.2) is 14.5 Å². The molecule has 5 heteroatoms. The maximum atomic E-state index is 4.73. The zero-order valence-corrected chi connectivity index (χ0v) is 15.4. The van der Waals surface area contributed by atoms with Crippen LogP contribution in [0.3, 0.4) is 0 Å². The third kappa shape index (κ3) is 3.34. The summed E-state index contributed by atoms with van der Waals surface area (Å²) in [7, 11) is 0. The van der Waals surface area contributed by atoms with Crippen LogP contribution in [0, 0.1) is 6.92 Å². The van der Waals surface area contributed by atoms with Crippen LogP contribution < -0.4 is 5.32 Å². The Kier molecular flexibility index (Phi) is 4.69. The Hall–Kier alpha value is -2.69. The zero-order valence-electron chi connectivity index (χ0n) is 15.4. The minimum Gasteiger partial charge on any atom is -0.351 e. The normalized spacial score (nSPS) is 16.2. The first-order valence-corrected chi connectivity index (χ1v) is 9.45. The molecule has 3 aromatic rings. The molecule has 26 heavy (non-hydrogen) atoms. The highest BCUT2D eigenvalue weighted by molar-refractivity contribution is 5.81. The van der Waals surface area contributed by atoms with E-state index >= 15 is 0 Å². The molecule has 0 bridgehead atoms. The van der Waals surface area contributed by atoms with Crippen molar-refractivity contribution in [3.63, 3.8) is 0 Å². The fraction of sp³-hybridized carbons (Fsp3) is 0.381. The van der Waals surface area contributed by atoms with Crippen molar-refractivity contribution in [2.45, 2.75) is 52.0 Å². The van der Waals surface area contributed by atoms with E-state index in [2.05, 4.69) is 47.5 Å². The highest BCUT2D eigenvalue weighted by Gasteiger charge is 2.16. The highest BCUT2D eigenvalue weighted by atomic mass is 15.2. The number of nitrogens with one attached hydrogen (secondary N) is 1. The lowest BCUT2D eigenvalue weighted by molar-refractivity contribution is 0.460. The van der Waals surface area contributed by atoms with Crippen molar-refractivity contribution < 1.29 is 0 Å². The van der Waals surface area contributed by atoms with E-state index in [4.69, 9.17) is 4.98 Å². The van der Waals surface area contributed by atoms with Crippen molar-refractivity contribution in [3.8, 4) is 0 Å². The smallest absolute Gasteiger partial charge is 0.223 e. The molecule has 0 amide bonds. The number of hydrogen-bond donors (Lipinski definition) is 1. The second kappa shape index (κ2) is 7.28. The molecule has 0 unspecified atom stereocenters. The standard InChI is InChI=1S/C21H25N5/c1-3-19(16-10-12-26-18(13-16)9-11-23-26)20-14-22-21(24-15(20)2)25-17-7-5-4-6-8-17/h3,9-14,17H,4-8H2,1-2H3,(H,22,24,25)/b19-3-. The number of allylic oxidation sites excluding steroid dienone is 1. The van der Waals surface area contributed by atoms with Gasteiger partial charge < -0.3 is 5.32 Å². The van der Waals surface area contributed by atoms with Crippen molar-refractivity contribution >= 4 is 17.0 Å². The molecule has 3 heterocycles. The molecule has 0 radical (unpaired) electrons. The van der Waals surface area contributed by atoms with Gasteiger partial charge in [0.1, 0.15) is 0 Å². The molecule has 5 nitrogen and oxygen atoms in total. The molecule has 1 fully saturated rings. The molecule has 1 aliphatic carbocycles. The highest BCUT2D eigenvalue weighted by Crippen LogP contribution is 2.27. The quantitative estimate of drug-likeness (QED) is 0.748. The van der Waals surface area contributed by atoms with Gasteiger partial charge in [0.2, 0.25) is 5.95 Å². The van der Waals surface area contributed by atoms with E-state index in [1.807, 2.05) is 29.2 Å². The number of aromatic nitrogens is 4. The Morgan fingerprint density at radius 1 is 1.23 bits per heavy atom. The number of nitrogens with zero attached hydrogens (tertiary/aromatic N) is 4. The first-order chi connectivity index (χ1) is 12.7. The van der Waals surface area contributed by atoms with Crippen LogP contribution in [0.1, 0.15) is 55.8 Å². The first-order valence-electron chi connectivity index (χ1n) is 9.45. The van der Waals surface area contributed by atoms with Gasteiger partial charge >= 0.3 is 0 Å². The summed E-state index contributed by atoms with van der Waals surface area (Å²) in [5.41, 5.74) is 5.46. The molecule has 1 N–H and O–H groups in total. The molecular weight excluding hydrogens is 322 g/mol. The van der Waals surface area contributed by atoms with E-state index in [9.17, 15) is 0 Å². The van der Waals surface area contributed by atoms with Gasteiger partial charge in [-0.15, -0.1) is 0 Å². The van der Waals surface area contributed by atoms with Crippen LogP contribution in [0.5, 0.6) is 0 Å². The summed E-state index contributed by atoms with van der Waals surface area (Å²) in [4.78, 5) is 9.33. The number of hydrogen-bond acceptors (Lipinski definition) is 4. The lowest BCUT2D eigenvalue weighted by Crippen LogP contribution is -2.23. The van der Waals surface area contributed by atoms with E-state index in [1.54, 1.807) is 0 Å². The third-order valence-corrected chi connectivity index (χ3v) is 5.21. The van der Waals surface area contributed by atoms with Gasteiger partial charge in [-0.05, 0) is 56.0 Å². The summed E-state index contributed by atoms with van der Waals surface area (Å²) >= 11 is 0. The van der Waals surface area contributed by atoms with Crippen LogP contribution in [0.25, 0.3) is 11.1 Å². The van der Waals surface area contributed by atoms with Gasteiger partial charge in [-0.2, -0.15) is 5.10 Å². The van der Waals surface area contributed by atoms with Crippen molar-refractivity contribution in [3.05, 3.63) is 59.7 Å². The van der Waals surface area contributed by atoms with Gasteiger partial charge in [0.15, 0.2) is 0 Å². The third-order valence-electron chi connectivity index (χ3n) is 5.21. The van der Waals surface area contributed by atoms with Crippen LogP contribution in [-0.4, -0.2) is 25.6 Å². The number of pyridine rings is 1. The van der Waals surface area contributed by atoms with E-state index in [1.165, 1.54) is 32.1 Å². The van der Waals surface area contributed by atoms with Crippen LogP contribution >= 0.6 is 0 Å². The fourth-order valence-electron chi connectivity index (χ4n) is 3.80. The van der Waals surface area contributed by atoms with Crippen LogP contribution in [0.4, 0.5) is 5.95 Å². The number of rotatable bonds is 4. The monoisotopic (exact) mass is 347 g/mol. The maximum Gasteiger partial charge on any atom is 0.223 e. The van der Waals surface area contributed by atoms with Crippen LogP contribution in [0.15, 0.2) is 42.9 Å². The van der Waals surface area contributed by atoms with Gasteiger partial charge in [-0.1, -0.05) is 25.3 Å². The van der Waals surface area contributed by atoms with Gasteiger partial charge in [-0.3, -0.25) is 0 Å². The zero-order chi connectivity index (χ0) is 17.9. The summed E-state index contributed by atoms with van der Waals surface area (Å²) < 4.78 is 1.87. The van der Waals surface area contributed by atoms with E-state index in [0.717, 1.165) is 33.9 Å². The number of anilines is 1. The number of fused-ring (bicyclic) bond motifs is 1. The van der Waals surface area contributed by atoms with Crippen molar-refractivity contribution in [1.82, 2.24) is 19.6 Å². The Morgan fingerprint density at radius 2 is 2.08 bits per heavy atom. The summed E-state index contributed by atoms with van der Waals surface area (Å²) in [6.07, 6.45) is 14.3. The van der Waals surface area contributed by atoms with E-state index in [-0.39, 0.29) is 0 Å². The number of aryl methyl sites for hydroxylation is 1. The average Bonchev–Trinajstić information content (AvgIpc) is 3.13. The lowest BCUT2D eigenvalue weighted by atomic mass is 9.96. The summed E-state index contributed by atoms with van der Waals surface area (Å²) in [5, 5.41) is 7.78. The largest absolute Gasteiger partial charge is 0.351 e. The summed E-state index contributed by atoms with van der Waals surface area (Å²) in [6, 6.07) is 6.76. The summed E-state index contributed by atoms with van der Waals surface area (Å²) in [5.74, 6) is 0.750. The molecule has 1 saturated carbocycles. The molecule has 1 aliphatic rings. The molecule has 0 aliphatic heterocycles. The lowest BCUT2D eigenvalue weighted by Gasteiger charge is -2.23. The Bertz CT molecular complexity index is 934. The van der Waals surface area contributed by atoms with Crippen molar-refractivity contribution in [1.29, 1.82) is 0 Å².